The first kappa shape index (κ1) is 19.7. The lowest BCUT2D eigenvalue weighted by Crippen LogP contribution is -2.47. The lowest BCUT2D eigenvalue weighted by atomic mass is 10.2. The van der Waals surface area contributed by atoms with Gasteiger partial charge in [-0.1, -0.05) is 18.2 Å². The Morgan fingerprint density at radius 2 is 2.00 bits per heavy atom. The van der Waals surface area contributed by atoms with Gasteiger partial charge >= 0.3 is 0 Å². The van der Waals surface area contributed by atoms with Gasteiger partial charge in [0.15, 0.2) is 11.6 Å². The van der Waals surface area contributed by atoms with Gasteiger partial charge in [0.05, 0.1) is 12.1 Å². The number of fused-ring (bicyclic) bond motifs is 1. The fraction of sp³-hybridized carbons (Fsp3) is 0.250. The second kappa shape index (κ2) is 8.02. The highest BCUT2D eigenvalue weighted by Crippen LogP contribution is 2.26. The number of nitrogens with zero attached hydrogens (tertiary/aromatic N) is 2. The summed E-state index contributed by atoms with van der Waals surface area (Å²) in [6, 6.07) is 11.4. The molecule has 0 radical (unpaired) electrons. The number of pyridine rings is 1. The second-order valence-electron chi connectivity index (χ2n) is 6.57. The number of sulfonamides is 1. The molecule has 0 N–H and O–H groups in total. The number of ether oxygens (including phenoxy) is 2. The molecule has 4 rings (SSSR count). The monoisotopic (exact) mass is 420 g/mol. The predicted octanol–water partition coefficient (Wildman–Crippen LogP) is 2.98. The molecular formula is C20H18F2N2O4S. The molecule has 0 saturated carbocycles. The summed E-state index contributed by atoms with van der Waals surface area (Å²) in [5.74, 6) is -1.57. The summed E-state index contributed by atoms with van der Waals surface area (Å²) >= 11 is 0. The molecule has 1 unspecified atom stereocenters. The summed E-state index contributed by atoms with van der Waals surface area (Å²) in [7, 11) is -3.82. The standard InChI is InChI=1S/C20H18F2N2O4S/c21-15-6-7-17(22)18(11-15)28-13-16-12-24(9-10-27-16)29(25,26)19-5-1-3-14-4-2-8-23-20(14)19/h1-8,11,16H,9-10,12-13H2. The molecule has 1 fully saturated rings. The number of hydrogen-bond donors (Lipinski definition) is 0. The molecule has 1 aromatic heterocycles. The van der Waals surface area contributed by atoms with Crippen molar-refractivity contribution in [3.63, 3.8) is 0 Å². The number of halogens is 2. The van der Waals surface area contributed by atoms with Crippen LogP contribution in [0.4, 0.5) is 8.78 Å². The Morgan fingerprint density at radius 3 is 2.86 bits per heavy atom. The molecule has 1 atom stereocenters. The molecule has 1 aliphatic heterocycles. The zero-order valence-corrected chi connectivity index (χ0v) is 16.1. The molecule has 1 saturated heterocycles. The minimum Gasteiger partial charge on any atom is -0.488 e. The Morgan fingerprint density at radius 1 is 1.17 bits per heavy atom. The zero-order chi connectivity index (χ0) is 20.4. The lowest BCUT2D eigenvalue weighted by Gasteiger charge is -2.32. The maximum absolute atomic E-state index is 13.7. The van der Waals surface area contributed by atoms with E-state index in [0.717, 1.165) is 23.6 Å². The van der Waals surface area contributed by atoms with E-state index < -0.39 is 27.8 Å². The molecule has 0 aliphatic carbocycles. The molecule has 0 amide bonds. The number of aromatic nitrogens is 1. The highest BCUT2D eigenvalue weighted by molar-refractivity contribution is 7.89. The highest BCUT2D eigenvalue weighted by Gasteiger charge is 2.32. The normalized spacial score (nSPS) is 18.1. The first-order valence-electron chi connectivity index (χ1n) is 8.98. The van der Waals surface area contributed by atoms with E-state index >= 15 is 0 Å². The van der Waals surface area contributed by atoms with Gasteiger partial charge in [0, 0.05) is 30.7 Å². The van der Waals surface area contributed by atoms with Gasteiger partial charge in [-0.3, -0.25) is 4.98 Å². The molecule has 2 aromatic carbocycles. The quantitative estimate of drug-likeness (QED) is 0.635. The Kier molecular flexibility index (Phi) is 5.44. The molecule has 152 valence electrons. The van der Waals surface area contributed by atoms with Crippen LogP contribution in [0.1, 0.15) is 0 Å². The summed E-state index contributed by atoms with van der Waals surface area (Å²) in [6.45, 7) is 0.260. The van der Waals surface area contributed by atoms with Crippen LogP contribution in [0.2, 0.25) is 0 Å². The van der Waals surface area contributed by atoms with Gasteiger partial charge in [-0.05, 0) is 24.3 Å². The number of hydrogen-bond acceptors (Lipinski definition) is 5. The minimum atomic E-state index is -3.82. The molecule has 3 aromatic rings. The van der Waals surface area contributed by atoms with E-state index in [4.69, 9.17) is 9.47 Å². The fourth-order valence-electron chi connectivity index (χ4n) is 3.21. The molecule has 2 heterocycles. The second-order valence-corrected chi connectivity index (χ2v) is 8.48. The minimum absolute atomic E-state index is 0.0302. The van der Waals surface area contributed by atoms with E-state index in [1.807, 2.05) is 0 Å². The maximum Gasteiger partial charge on any atom is 0.245 e. The lowest BCUT2D eigenvalue weighted by molar-refractivity contribution is -0.0255. The van der Waals surface area contributed by atoms with E-state index in [2.05, 4.69) is 4.98 Å². The van der Waals surface area contributed by atoms with E-state index in [-0.39, 0.29) is 36.9 Å². The van der Waals surface area contributed by atoms with Crippen molar-refractivity contribution < 1.29 is 26.7 Å². The summed E-state index contributed by atoms with van der Waals surface area (Å²) in [6.07, 6.45) is 0.925. The Bertz CT molecular complexity index is 1140. The molecular weight excluding hydrogens is 402 g/mol. The Labute approximate surface area is 166 Å². The van der Waals surface area contributed by atoms with Crippen LogP contribution in [0.5, 0.6) is 5.75 Å². The Hall–Kier alpha value is -2.62. The van der Waals surface area contributed by atoms with Gasteiger partial charge < -0.3 is 9.47 Å². The number of rotatable bonds is 5. The van der Waals surface area contributed by atoms with Crippen molar-refractivity contribution in [2.24, 2.45) is 0 Å². The van der Waals surface area contributed by atoms with Crippen LogP contribution in [0, 0.1) is 11.6 Å². The molecule has 9 heteroatoms. The van der Waals surface area contributed by atoms with Gasteiger partial charge in [-0.25, -0.2) is 17.2 Å². The van der Waals surface area contributed by atoms with Crippen molar-refractivity contribution >= 4 is 20.9 Å². The van der Waals surface area contributed by atoms with E-state index in [1.54, 1.807) is 30.5 Å². The largest absolute Gasteiger partial charge is 0.488 e. The van der Waals surface area contributed by atoms with Crippen LogP contribution in [-0.4, -0.2) is 50.1 Å². The van der Waals surface area contributed by atoms with Crippen molar-refractivity contribution in [3.8, 4) is 5.75 Å². The third-order valence-electron chi connectivity index (χ3n) is 4.63. The van der Waals surface area contributed by atoms with Crippen LogP contribution in [0.15, 0.2) is 59.6 Å². The van der Waals surface area contributed by atoms with Crippen LogP contribution in [0.25, 0.3) is 10.9 Å². The highest BCUT2D eigenvalue weighted by atomic mass is 32.2. The number of para-hydroxylation sites is 1. The summed E-state index contributed by atoms with van der Waals surface area (Å²) < 4.78 is 65.6. The van der Waals surface area contributed by atoms with Crippen LogP contribution in [0.3, 0.4) is 0 Å². The van der Waals surface area contributed by atoms with E-state index in [1.165, 1.54) is 10.4 Å². The van der Waals surface area contributed by atoms with Crippen LogP contribution < -0.4 is 4.74 Å². The van der Waals surface area contributed by atoms with Crippen molar-refractivity contribution in [2.45, 2.75) is 11.0 Å². The van der Waals surface area contributed by atoms with Crippen molar-refractivity contribution in [3.05, 3.63) is 66.4 Å². The fourth-order valence-corrected chi connectivity index (χ4v) is 4.83. The average molecular weight is 420 g/mol. The number of benzene rings is 2. The van der Waals surface area contributed by atoms with Crippen LogP contribution >= 0.6 is 0 Å². The SMILES string of the molecule is O=S(=O)(c1cccc2cccnc12)N1CCOC(COc2cc(F)ccc2F)C1. The molecule has 0 bridgehead atoms. The van der Waals surface area contributed by atoms with Crippen molar-refractivity contribution in [1.29, 1.82) is 0 Å². The van der Waals surface area contributed by atoms with Gasteiger partial charge in [-0.2, -0.15) is 4.31 Å². The summed E-state index contributed by atoms with van der Waals surface area (Å²) in [5, 5.41) is 0.725. The predicted molar refractivity (Wildman–Crippen MR) is 102 cm³/mol. The van der Waals surface area contributed by atoms with E-state index in [0.29, 0.717) is 5.52 Å². The van der Waals surface area contributed by atoms with Crippen molar-refractivity contribution in [2.75, 3.05) is 26.3 Å². The smallest absolute Gasteiger partial charge is 0.245 e. The van der Waals surface area contributed by atoms with Gasteiger partial charge in [-0.15, -0.1) is 0 Å². The zero-order valence-electron chi connectivity index (χ0n) is 15.3. The third-order valence-corrected chi connectivity index (χ3v) is 6.53. The van der Waals surface area contributed by atoms with Gasteiger partial charge in [0.1, 0.15) is 23.4 Å². The first-order valence-corrected chi connectivity index (χ1v) is 10.4. The Balaban J connectivity index is 1.52. The van der Waals surface area contributed by atoms with E-state index in [9.17, 15) is 17.2 Å². The molecule has 6 nitrogen and oxygen atoms in total. The molecule has 29 heavy (non-hydrogen) atoms. The van der Waals surface area contributed by atoms with Gasteiger partial charge in [0.2, 0.25) is 10.0 Å². The molecule has 1 aliphatic rings. The maximum atomic E-state index is 13.7. The van der Waals surface area contributed by atoms with Gasteiger partial charge in [0.25, 0.3) is 0 Å². The molecule has 0 spiro atoms. The average Bonchev–Trinajstić information content (AvgIpc) is 2.74. The van der Waals surface area contributed by atoms with Crippen LogP contribution in [-0.2, 0) is 14.8 Å². The topological polar surface area (TPSA) is 68.7 Å². The summed E-state index contributed by atoms with van der Waals surface area (Å²) in [4.78, 5) is 4.34. The first-order chi connectivity index (χ1) is 13.9. The third kappa shape index (κ3) is 4.07. The summed E-state index contributed by atoms with van der Waals surface area (Å²) in [5.41, 5.74) is 0.399. The number of morpholine rings is 1. The van der Waals surface area contributed by atoms with Crippen molar-refractivity contribution in [1.82, 2.24) is 9.29 Å².